The van der Waals surface area contributed by atoms with Crippen LogP contribution in [0.25, 0.3) is 0 Å². The fourth-order valence-corrected chi connectivity index (χ4v) is 2.49. The Morgan fingerprint density at radius 1 is 1.28 bits per heavy atom. The molecule has 1 rings (SSSR count). The number of nitrogens with one attached hydrogen (secondary N) is 1. The Balaban J connectivity index is 2.51. The summed E-state index contributed by atoms with van der Waals surface area (Å²) >= 11 is 0. The maximum atomic E-state index is 13.3. The van der Waals surface area contributed by atoms with Crippen LogP contribution in [0.1, 0.15) is 19.3 Å². The number of hydrogen-bond donors (Lipinski definition) is 1. The molecule has 0 aliphatic carbocycles. The van der Waals surface area contributed by atoms with Crippen LogP contribution in [0.4, 0.5) is 4.39 Å². The molecule has 0 aliphatic heterocycles. The van der Waals surface area contributed by atoms with Crippen molar-refractivity contribution in [1.82, 2.24) is 4.72 Å². The first-order valence-electron chi connectivity index (χ1n) is 5.37. The number of aliphatic carboxylic acids is 1. The summed E-state index contributed by atoms with van der Waals surface area (Å²) in [4.78, 5) is 9.71. The number of carboxylic acid groups (broad SMARTS) is 1. The molecule has 100 valence electrons. The van der Waals surface area contributed by atoms with Crippen molar-refractivity contribution in [3.05, 3.63) is 30.1 Å². The van der Waals surface area contributed by atoms with Crippen LogP contribution >= 0.6 is 0 Å². The van der Waals surface area contributed by atoms with Gasteiger partial charge in [0.1, 0.15) is 10.7 Å². The first-order chi connectivity index (χ1) is 8.43. The van der Waals surface area contributed by atoms with Gasteiger partial charge in [0.2, 0.25) is 10.0 Å². The second-order valence-electron chi connectivity index (χ2n) is 3.66. The molecule has 1 N–H and O–H groups in total. The van der Waals surface area contributed by atoms with Gasteiger partial charge >= 0.3 is 0 Å². The van der Waals surface area contributed by atoms with Gasteiger partial charge in [-0.15, -0.1) is 0 Å². The molecule has 0 aliphatic rings. The van der Waals surface area contributed by atoms with Gasteiger partial charge in [0.05, 0.1) is 0 Å². The average molecular weight is 274 g/mol. The van der Waals surface area contributed by atoms with E-state index in [9.17, 15) is 22.7 Å². The molecule has 1 aromatic carbocycles. The highest BCUT2D eigenvalue weighted by Gasteiger charge is 2.17. The summed E-state index contributed by atoms with van der Waals surface area (Å²) in [7, 11) is -3.88. The molecule has 0 amide bonds. The van der Waals surface area contributed by atoms with Crippen molar-refractivity contribution in [3.8, 4) is 0 Å². The molecule has 0 atom stereocenters. The van der Waals surface area contributed by atoms with Gasteiger partial charge in [-0.2, -0.15) is 0 Å². The van der Waals surface area contributed by atoms with E-state index < -0.39 is 26.7 Å². The molecule has 0 aromatic heterocycles. The highest BCUT2D eigenvalue weighted by Crippen LogP contribution is 2.12. The molecule has 0 heterocycles. The van der Waals surface area contributed by atoms with Crippen molar-refractivity contribution in [2.45, 2.75) is 24.2 Å². The molecular formula is C11H13FNO4S-. The monoisotopic (exact) mass is 274 g/mol. The number of sulfonamides is 1. The number of unbranched alkanes of at least 4 members (excludes halogenated alkanes) is 1. The van der Waals surface area contributed by atoms with Crippen LogP contribution < -0.4 is 9.83 Å². The van der Waals surface area contributed by atoms with E-state index >= 15 is 0 Å². The van der Waals surface area contributed by atoms with Crippen LogP contribution in [0.15, 0.2) is 29.2 Å². The van der Waals surface area contributed by atoms with Gasteiger partial charge in [0.25, 0.3) is 0 Å². The summed E-state index contributed by atoms with van der Waals surface area (Å²) in [6.45, 7) is 0.0595. The summed E-state index contributed by atoms with van der Waals surface area (Å²) in [5, 5.41) is 10.1. The number of carboxylic acids is 1. The zero-order chi connectivity index (χ0) is 13.6. The van der Waals surface area contributed by atoms with Crippen molar-refractivity contribution in [2.24, 2.45) is 0 Å². The molecule has 0 spiro atoms. The minimum Gasteiger partial charge on any atom is -0.550 e. The second-order valence-corrected chi connectivity index (χ2v) is 5.39. The maximum absolute atomic E-state index is 13.3. The Morgan fingerprint density at radius 3 is 2.56 bits per heavy atom. The Morgan fingerprint density at radius 2 is 1.94 bits per heavy atom. The van der Waals surface area contributed by atoms with Gasteiger partial charge in [-0.1, -0.05) is 12.1 Å². The summed E-state index contributed by atoms with van der Waals surface area (Å²) in [6, 6.07) is 5.05. The van der Waals surface area contributed by atoms with Gasteiger partial charge in [-0.3, -0.25) is 0 Å². The predicted molar refractivity (Wildman–Crippen MR) is 60.4 cm³/mol. The van der Waals surface area contributed by atoms with Gasteiger partial charge < -0.3 is 9.90 Å². The Labute approximate surface area is 105 Å². The maximum Gasteiger partial charge on any atom is 0.243 e. The van der Waals surface area contributed by atoms with Crippen LogP contribution in [0.3, 0.4) is 0 Å². The molecule has 1 aromatic rings. The van der Waals surface area contributed by atoms with Crippen molar-refractivity contribution in [2.75, 3.05) is 6.54 Å². The van der Waals surface area contributed by atoms with Crippen LogP contribution in [0.5, 0.6) is 0 Å². The lowest BCUT2D eigenvalue weighted by molar-refractivity contribution is -0.305. The van der Waals surface area contributed by atoms with Gasteiger partial charge in [-0.05, 0) is 31.4 Å². The summed E-state index contributed by atoms with van der Waals surface area (Å²) in [5.41, 5.74) is 0. The van der Waals surface area contributed by atoms with E-state index in [1.807, 2.05) is 0 Å². The van der Waals surface area contributed by atoms with Crippen LogP contribution in [-0.2, 0) is 14.8 Å². The SMILES string of the molecule is O=C([O-])CCCCNS(=O)(=O)c1ccccc1F. The van der Waals surface area contributed by atoms with Crippen molar-refractivity contribution < 1.29 is 22.7 Å². The number of hydrogen-bond acceptors (Lipinski definition) is 4. The first-order valence-corrected chi connectivity index (χ1v) is 6.86. The van der Waals surface area contributed by atoms with Crippen LogP contribution in [-0.4, -0.2) is 20.9 Å². The molecule has 7 heteroatoms. The van der Waals surface area contributed by atoms with Crippen molar-refractivity contribution in [1.29, 1.82) is 0 Å². The highest BCUT2D eigenvalue weighted by molar-refractivity contribution is 7.89. The minimum atomic E-state index is -3.88. The molecule has 0 unspecified atom stereocenters. The third-order valence-electron chi connectivity index (χ3n) is 2.23. The van der Waals surface area contributed by atoms with E-state index in [2.05, 4.69) is 4.72 Å². The number of carbonyl (C=O) groups excluding carboxylic acids is 1. The zero-order valence-corrected chi connectivity index (χ0v) is 10.4. The third-order valence-corrected chi connectivity index (χ3v) is 3.72. The number of carbonyl (C=O) groups is 1. The van der Waals surface area contributed by atoms with Gasteiger partial charge in [0, 0.05) is 12.5 Å². The lowest BCUT2D eigenvalue weighted by Crippen LogP contribution is -2.26. The molecular weight excluding hydrogens is 261 g/mol. The van der Waals surface area contributed by atoms with Gasteiger partial charge in [0.15, 0.2) is 0 Å². The fourth-order valence-electron chi connectivity index (χ4n) is 1.34. The standard InChI is InChI=1S/C11H14FNO4S/c12-9-5-1-2-6-10(9)18(16,17)13-8-4-3-7-11(14)15/h1-2,5-6,13H,3-4,7-8H2,(H,14,15)/p-1. The van der Waals surface area contributed by atoms with E-state index in [0.717, 1.165) is 6.07 Å². The van der Waals surface area contributed by atoms with E-state index in [4.69, 9.17) is 0 Å². The number of benzene rings is 1. The molecule has 0 bridgehead atoms. The lowest BCUT2D eigenvalue weighted by atomic mass is 10.2. The number of halogens is 1. The van der Waals surface area contributed by atoms with Crippen LogP contribution in [0, 0.1) is 5.82 Å². The highest BCUT2D eigenvalue weighted by atomic mass is 32.2. The predicted octanol–water partition coefficient (Wildman–Crippen LogP) is 0.0242. The quantitative estimate of drug-likeness (QED) is 0.710. The summed E-state index contributed by atoms with van der Waals surface area (Å²) in [6.07, 6.45) is 0.533. The Kier molecular flexibility index (Phi) is 5.24. The zero-order valence-electron chi connectivity index (χ0n) is 9.56. The first kappa shape index (κ1) is 14.6. The lowest BCUT2D eigenvalue weighted by Gasteiger charge is -2.07. The Hall–Kier alpha value is -1.47. The second kappa shape index (κ2) is 6.46. The van der Waals surface area contributed by atoms with E-state index in [1.54, 1.807) is 0 Å². The topological polar surface area (TPSA) is 86.3 Å². The molecule has 0 radical (unpaired) electrons. The Bertz CT molecular complexity index is 516. The average Bonchev–Trinajstić information content (AvgIpc) is 2.28. The van der Waals surface area contributed by atoms with E-state index in [0.29, 0.717) is 12.8 Å². The third kappa shape index (κ3) is 4.42. The smallest absolute Gasteiger partial charge is 0.243 e. The molecule has 0 saturated heterocycles. The largest absolute Gasteiger partial charge is 0.550 e. The summed E-state index contributed by atoms with van der Waals surface area (Å²) in [5.74, 6) is -1.99. The summed E-state index contributed by atoms with van der Waals surface area (Å²) < 4.78 is 38.8. The van der Waals surface area contributed by atoms with E-state index in [1.165, 1.54) is 18.2 Å². The minimum absolute atomic E-state index is 0.0595. The number of rotatable bonds is 7. The van der Waals surface area contributed by atoms with E-state index in [-0.39, 0.29) is 13.0 Å². The van der Waals surface area contributed by atoms with Crippen LogP contribution in [0.2, 0.25) is 0 Å². The fraction of sp³-hybridized carbons (Fsp3) is 0.364. The van der Waals surface area contributed by atoms with Gasteiger partial charge in [-0.25, -0.2) is 17.5 Å². The normalized spacial score (nSPS) is 11.4. The molecule has 18 heavy (non-hydrogen) atoms. The molecule has 0 fully saturated rings. The van der Waals surface area contributed by atoms with Crippen molar-refractivity contribution in [3.63, 3.8) is 0 Å². The molecule has 5 nitrogen and oxygen atoms in total. The molecule has 0 saturated carbocycles. The van der Waals surface area contributed by atoms with Crippen molar-refractivity contribution >= 4 is 16.0 Å².